The Hall–Kier alpha value is -2.63. The topological polar surface area (TPSA) is 76.1 Å². The van der Waals surface area contributed by atoms with E-state index in [2.05, 4.69) is 20.6 Å². The Kier molecular flexibility index (Phi) is 6.41. The van der Waals surface area contributed by atoms with Crippen molar-refractivity contribution < 1.29 is 9.53 Å². The van der Waals surface area contributed by atoms with Crippen molar-refractivity contribution >= 4 is 17.4 Å². The molecule has 1 aromatic heterocycles. The van der Waals surface area contributed by atoms with Gasteiger partial charge in [-0.2, -0.15) is 0 Å². The number of nitrogens with zero attached hydrogens (tertiary/aromatic N) is 2. The van der Waals surface area contributed by atoms with Crippen LogP contribution in [0.25, 0.3) is 0 Å². The Labute approximate surface area is 154 Å². The molecule has 26 heavy (non-hydrogen) atoms. The molecule has 2 aromatic rings. The molecule has 0 aliphatic heterocycles. The summed E-state index contributed by atoms with van der Waals surface area (Å²) in [5.41, 5.74) is 1.26. The molecule has 1 saturated carbocycles. The van der Waals surface area contributed by atoms with Crippen molar-refractivity contribution in [3.63, 3.8) is 0 Å². The van der Waals surface area contributed by atoms with Gasteiger partial charge in [0, 0.05) is 17.8 Å². The first-order valence-electron chi connectivity index (χ1n) is 9.37. The van der Waals surface area contributed by atoms with Crippen LogP contribution in [0.1, 0.15) is 55.9 Å². The highest BCUT2D eigenvalue weighted by Gasteiger charge is 2.17. The molecule has 1 aliphatic rings. The molecular formula is C20H26N4O2. The lowest BCUT2D eigenvalue weighted by atomic mass is 10.1. The Morgan fingerprint density at radius 3 is 2.54 bits per heavy atom. The van der Waals surface area contributed by atoms with Crippen LogP contribution in [0.2, 0.25) is 0 Å². The van der Waals surface area contributed by atoms with Gasteiger partial charge in [-0.05, 0) is 44.0 Å². The summed E-state index contributed by atoms with van der Waals surface area (Å²) in [6.07, 6.45) is 8.39. The normalized spacial score (nSPS) is 15.1. The molecule has 0 atom stereocenters. The Morgan fingerprint density at radius 2 is 1.85 bits per heavy atom. The van der Waals surface area contributed by atoms with Crippen LogP contribution in [0, 0.1) is 0 Å². The summed E-state index contributed by atoms with van der Waals surface area (Å²) < 4.78 is 5.44. The van der Waals surface area contributed by atoms with Crippen LogP contribution < -0.4 is 15.4 Å². The Bertz CT molecular complexity index is 710. The van der Waals surface area contributed by atoms with Crippen LogP contribution in [0.4, 0.5) is 11.5 Å². The molecule has 138 valence electrons. The van der Waals surface area contributed by atoms with Crippen molar-refractivity contribution in [3.05, 3.63) is 42.4 Å². The third-order valence-corrected chi connectivity index (χ3v) is 4.53. The van der Waals surface area contributed by atoms with Crippen molar-refractivity contribution in [1.29, 1.82) is 0 Å². The van der Waals surface area contributed by atoms with Gasteiger partial charge < -0.3 is 15.4 Å². The lowest BCUT2D eigenvalue weighted by Crippen LogP contribution is -2.34. The van der Waals surface area contributed by atoms with Crippen LogP contribution in [-0.2, 0) is 0 Å². The lowest BCUT2D eigenvalue weighted by Gasteiger charge is -2.16. The van der Waals surface area contributed by atoms with Crippen LogP contribution in [-0.4, -0.2) is 28.5 Å². The van der Waals surface area contributed by atoms with Crippen molar-refractivity contribution in [2.45, 2.75) is 51.5 Å². The number of carbonyl (C=O) groups excluding carboxylic acids is 1. The molecule has 1 aliphatic carbocycles. The maximum Gasteiger partial charge on any atom is 0.270 e. The van der Waals surface area contributed by atoms with Crippen LogP contribution >= 0.6 is 0 Å². The van der Waals surface area contributed by atoms with Gasteiger partial charge in [-0.25, -0.2) is 9.97 Å². The first-order valence-corrected chi connectivity index (χ1v) is 9.37. The van der Waals surface area contributed by atoms with Gasteiger partial charge in [0.25, 0.3) is 5.91 Å². The molecule has 0 unspecified atom stereocenters. The van der Waals surface area contributed by atoms with E-state index in [4.69, 9.17) is 4.74 Å². The third kappa shape index (κ3) is 5.18. The molecule has 0 saturated heterocycles. The summed E-state index contributed by atoms with van der Waals surface area (Å²) in [7, 11) is 0. The molecule has 0 radical (unpaired) electrons. The van der Waals surface area contributed by atoms with Gasteiger partial charge in [-0.3, -0.25) is 4.79 Å². The maximum atomic E-state index is 12.5. The van der Waals surface area contributed by atoms with Gasteiger partial charge in [0.2, 0.25) is 0 Å². The average Bonchev–Trinajstić information content (AvgIpc) is 2.92. The van der Waals surface area contributed by atoms with Crippen molar-refractivity contribution in [3.8, 4) is 5.75 Å². The molecule has 1 fully saturated rings. The van der Waals surface area contributed by atoms with E-state index >= 15 is 0 Å². The number of nitrogens with one attached hydrogen (secondary N) is 2. The molecule has 1 heterocycles. The van der Waals surface area contributed by atoms with E-state index in [1.807, 2.05) is 31.2 Å². The number of aromatic nitrogens is 2. The fourth-order valence-electron chi connectivity index (χ4n) is 3.18. The first kappa shape index (κ1) is 18.2. The molecule has 6 nitrogen and oxygen atoms in total. The van der Waals surface area contributed by atoms with E-state index in [0.717, 1.165) is 24.3 Å². The van der Waals surface area contributed by atoms with Crippen LogP contribution in [0.5, 0.6) is 5.75 Å². The van der Waals surface area contributed by atoms with Crippen molar-refractivity contribution in [1.82, 2.24) is 15.3 Å². The summed E-state index contributed by atoms with van der Waals surface area (Å²) in [5, 5.41) is 6.31. The van der Waals surface area contributed by atoms with Crippen molar-refractivity contribution in [2.75, 3.05) is 11.9 Å². The van der Waals surface area contributed by atoms with Gasteiger partial charge in [0.1, 0.15) is 23.6 Å². The number of hydrogen-bond acceptors (Lipinski definition) is 5. The molecule has 0 spiro atoms. The minimum atomic E-state index is -0.131. The third-order valence-electron chi connectivity index (χ3n) is 4.53. The largest absolute Gasteiger partial charge is 0.494 e. The zero-order valence-corrected chi connectivity index (χ0v) is 15.2. The molecular weight excluding hydrogens is 328 g/mol. The second-order valence-electron chi connectivity index (χ2n) is 6.53. The fraction of sp³-hybridized carbons (Fsp3) is 0.450. The highest BCUT2D eigenvalue weighted by molar-refractivity contribution is 5.93. The number of benzene rings is 1. The summed E-state index contributed by atoms with van der Waals surface area (Å²) >= 11 is 0. The number of rotatable bonds is 6. The first-order chi connectivity index (χ1) is 12.7. The monoisotopic (exact) mass is 354 g/mol. The second-order valence-corrected chi connectivity index (χ2v) is 6.53. The number of amides is 1. The molecule has 3 rings (SSSR count). The van der Waals surface area contributed by atoms with Gasteiger partial charge >= 0.3 is 0 Å². The van der Waals surface area contributed by atoms with E-state index in [9.17, 15) is 4.79 Å². The summed E-state index contributed by atoms with van der Waals surface area (Å²) in [5.74, 6) is 1.29. The minimum Gasteiger partial charge on any atom is -0.494 e. The summed E-state index contributed by atoms with van der Waals surface area (Å²) in [6.45, 7) is 2.59. The molecule has 0 bridgehead atoms. The Balaban J connectivity index is 1.62. The molecule has 1 aromatic carbocycles. The number of carbonyl (C=O) groups is 1. The predicted molar refractivity (Wildman–Crippen MR) is 102 cm³/mol. The lowest BCUT2D eigenvalue weighted by molar-refractivity contribution is 0.0928. The number of ether oxygens (including phenoxy) is 1. The zero-order chi connectivity index (χ0) is 18.2. The quantitative estimate of drug-likeness (QED) is 0.765. The number of hydrogen-bond donors (Lipinski definition) is 2. The fourth-order valence-corrected chi connectivity index (χ4v) is 3.18. The van der Waals surface area contributed by atoms with E-state index in [1.54, 1.807) is 6.07 Å². The van der Waals surface area contributed by atoms with Gasteiger partial charge in [0.05, 0.1) is 6.61 Å². The van der Waals surface area contributed by atoms with Gasteiger partial charge in [-0.1, -0.05) is 25.7 Å². The SMILES string of the molecule is CCOc1ccc(Nc2cc(C(=O)NC3CCCCCC3)ncn2)cc1. The van der Waals surface area contributed by atoms with Gasteiger partial charge in [-0.15, -0.1) is 0 Å². The van der Waals surface area contributed by atoms with Gasteiger partial charge in [0.15, 0.2) is 0 Å². The average molecular weight is 354 g/mol. The predicted octanol–water partition coefficient (Wildman–Crippen LogP) is 4.07. The van der Waals surface area contributed by atoms with E-state index < -0.39 is 0 Å². The van der Waals surface area contributed by atoms with Crippen molar-refractivity contribution in [2.24, 2.45) is 0 Å². The smallest absolute Gasteiger partial charge is 0.270 e. The molecule has 2 N–H and O–H groups in total. The molecule has 1 amide bonds. The Morgan fingerprint density at radius 1 is 1.12 bits per heavy atom. The van der Waals surface area contributed by atoms with Crippen LogP contribution in [0.3, 0.4) is 0 Å². The minimum absolute atomic E-state index is 0.131. The highest BCUT2D eigenvalue weighted by atomic mass is 16.5. The summed E-state index contributed by atoms with van der Waals surface area (Å²) in [6, 6.07) is 9.56. The van der Waals surface area contributed by atoms with Crippen LogP contribution in [0.15, 0.2) is 36.7 Å². The number of anilines is 2. The zero-order valence-electron chi connectivity index (χ0n) is 15.2. The molecule has 6 heteroatoms. The van der Waals surface area contributed by atoms with E-state index in [1.165, 1.54) is 32.0 Å². The highest BCUT2D eigenvalue weighted by Crippen LogP contribution is 2.20. The van der Waals surface area contributed by atoms with E-state index in [-0.39, 0.29) is 11.9 Å². The standard InChI is InChI=1S/C20H26N4O2/c1-2-26-17-11-9-16(10-12-17)23-19-13-18(21-14-22-19)20(25)24-15-7-5-3-4-6-8-15/h9-15H,2-8H2,1H3,(H,24,25)(H,21,22,23). The summed E-state index contributed by atoms with van der Waals surface area (Å²) in [4.78, 5) is 20.8. The second kappa shape index (κ2) is 9.17. The van der Waals surface area contributed by atoms with E-state index in [0.29, 0.717) is 18.1 Å². The maximum absolute atomic E-state index is 12.5.